The minimum absolute atomic E-state index is 0.0415. The quantitative estimate of drug-likeness (QED) is 0.887. The van der Waals surface area contributed by atoms with Crippen LogP contribution in [0.4, 0.5) is 8.78 Å². The summed E-state index contributed by atoms with van der Waals surface area (Å²) in [6.07, 6.45) is 0.140. The predicted molar refractivity (Wildman–Crippen MR) is 90.5 cm³/mol. The number of ketones is 1. The molecule has 1 aromatic carbocycles. The van der Waals surface area contributed by atoms with Gasteiger partial charge in [0.1, 0.15) is 17.4 Å². The zero-order chi connectivity index (χ0) is 18.1. The van der Waals surface area contributed by atoms with E-state index in [0.717, 1.165) is 10.6 Å². The molecule has 4 nitrogen and oxygen atoms in total. The Morgan fingerprint density at radius 2 is 1.96 bits per heavy atom. The van der Waals surface area contributed by atoms with E-state index in [1.807, 2.05) is 13.0 Å². The molecule has 0 bridgehead atoms. The van der Waals surface area contributed by atoms with Gasteiger partial charge in [-0.05, 0) is 49.1 Å². The van der Waals surface area contributed by atoms with Gasteiger partial charge in [0.25, 0.3) is 0 Å². The fourth-order valence-electron chi connectivity index (χ4n) is 3.28. The number of hydrogen-bond acceptors (Lipinski definition) is 4. The van der Waals surface area contributed by atoms with Gasteiger partial charge in [-0.15, -0.1) is 0 Å². The molecule has 1 aromatic heterocycles. The van der Waals surface area contributed by atoms with E-state index >= 15 is 0 Å². The molecule has 25 heavy (non-hydrogen) atoms. The van der Waals surface area contributed by atoms with Crippen molar-refractivity contribution in [2.75, 3.05) is 6.54 Å². The first-order valence-corrected chi connectivity index (χ1v) is 8.79. The van der Waals surface area contributed by atoms with Gasteiger partial charge >= 0.3 is 0 Å². The number of carbonyl (C=O) groups is 2. The molecule has 3 rings (SSSR count). The lowest BCUT2D eigenvalue weighted by atomic mass is 9.84. The van der Waals surface area contributed by atoms with Crippen LogP contribution in [0.1, 0.15) is 34.0 Å². The number of carbonyl (C=O) groups excluding carboxylic acids is 2. The number of Topliss-reactive ketones (excluding diaryl/α,β-unsaturated/α-hetero) is 1. The normalized spacial score (nSPS) is 19.9. The highest BCUT2D eigenvalue weighted by Gasteiger charge is 2.39. The first-order valence-electron chi connectivity index (χ1n) is 8.02. The Balaban J connectivity index is 1.79. The van der Waals surface area contributed by atoms with Crippen molar-refractivity contribution in [3.63, 3.8) is 0 Å². The number of halogens is 2. The van der Waals surface area contributed by atoms with Gasteiger partial charge in [0.15, 0.2) is 0 Å². The van der Waals surface area contributed by atoms with Crippen LogP contribution in [-0.4, -0.2) is 22.6 Å². The molecular weight excluding hydrogens is 346 g/mol. The van der Waals surface area contributed by atoms with E-state index in [4.69, 9.17) is 0 Å². The second-order valence-corrected chi connectivity index (χ2v) is 7.34. The van der Waals surface area contributed by atoms with Crippen LogP contribution in [0.3, 0.4) is 0 Å². The molecule has 7 heteroatoms. The monoisotopic (exact) mass is 364 g/mol. The third-order valence-electron chi connectivity index (χ3n) is 4.41. The van der Waals surface area contributed by atoms with Crippen LogP contribution in [-0.2, 0) is 16.0 Å². The number of nitrogens with one attached hydrogen (secondary N) is 1. The van der Waals surface area contributed by atoms with Gasteiger partial charge in [-0.3, -0.25) is 9.59 Å². The highest BCUT2D eigenvalue weighted by Crippen LogP contribution is 2.35. The van der Waals surface area contributed by atoms with Gasteiger partial charge in [0.2, 0.25) is 5.91 Å². The number of aromatic nitrogens is 1. The Labute approximate surface area is 148 Å². The molecule has 1 aliphatic rings. The molecule has 0 spiro atoms. The number of aryl methyl sites for hydroxylation is 2. The van der Waals surface area contributed by atoms with Crippen LogP contribution >= 0.6 is 11.5 Å². The van der Waals surface area contributed by atoms with Gasteiger partial charge in [0.05, 0.1) is 11.6 Å². The Morgan fingerprint density at radius 1 is 1.28 bits per heavy atom. The molecule has 2 aromatic rings. The summed E-state index contributed by atoms with van der Waals surface area (Å²) in [6, 6.07) is 4.33. The predicted octanol–water partition coefficient (Wildman–Crippen LogP) is 3.07. The second kappa shape index (κ2) is 7.00. The van der Waals surface area contributed by atoms with Gasteiger partial charge in [-0.2, -0.15) is 4.37 Å². The van der Waals surface area contributed by atoms with Crippen LogP contribution < -0.4 is 5.32 Å². The number of hydrogen-bond donors (Lipinski definition) is 1. The number of rotatable bonds is 5. The molecule has 0 unspecified atom stereocenters. The molecule has 0 saturated carbocycles. The van der Waals surface area contributed by atoms with Crippen LogP contribution in [0.5, 0.6) is 0 Å². The molecule has 1 aliphatic heterocycles. The summed E-state index contributed by atoms with van der Waals surface area (Å²) in [4.78, 5) is 25.3. The maximum atomic E-state index is 14.3. The van der Waals surface area contributed by atoms with Crippen molar-refractivity contribution >= 4 is 23.2 Å². The van der Waals surface area contributed by atoms with E-state index in [1.165, 1.54) is 23.7 Å². The van der Waals surface area contributed by atoms with Crippen molar-refractivity contribution in [1.82, 2.24) is 9.69 Å². The topological polar surface area (TPSA) is 59.1 Å². The summed E-state index contributed by atoms with van der Waals surface area (Å²) < 4.78 is 32.7. The first kappa shape index (κ1) is 17.7. The third kappa shape index (κ3) is 3.76. The number of amides is 1. The number of benzene rings is 1. The molecule has 1 amide bonds. The van der Waals surface area contributed by atoms with E-state index < -0.39 is 23.5 Å². The van der Waals surface area contributed by atoms with Gasteiger partial charge < -0.3 is 5.32 Å². The van der Waals surface area contributed by atoms with Gasteiger partial charge in [-0.25, -0.2) is 8.78 Å². The summed E-state index contributed by atoms with van der Waals surface area (Å²) in [5, 5.41) is 2.63. The fourth-order valence-corrected chi connectivity index (χ4v) is 4.04. The molecule has 2 heterocycles. The summed E-state index contributed by atoms with van der Waals surface area (Å²) >= 11 is 1.25. The van der Waals surface area contributed by atoms with Gasteiger partial charge in [0, 0.05) is 35.7 Å². The Kier molecular flexibility index (Phi) is 4.94. The average Bonchev–Trinajstić information content (AvgIpc) is 3.06. The molecule has 1 fully saturated rings. The van der Waals surface area contributed by atoms with Crippen molar-refractivity contribution in [3.05, 3.63) is 51.5 Å². The minimum atomic E-state index is -0.756. The Morgan fingerprint density at radius 3 is 2.56 bits per heavy atom. The molecule has 1 N–H and O–H groups in total. The van der Waals surface area contributed by atoms with E-state index in [0.29, 0.717) is 5.56 Å². The average molecular weight is 364 g/mol. The van der Waals surface area contributed by atoms with Crippen molar-refractivity contribution in [1.29, 1.82) is 0 Å². The fraction of sp³-hybridized carbons (Fsp3) is 0.389. The maximum absolute atomic E-state index is 14.3. The smallest absolute Gasteiger partial charge is 0.224 e. The summed E-state index contributed by atoms with van der Waals surface area (Å²) in [5.41, 5.74) is 1.20. The molecular formula is C18H18F2N2O2S. The van der Waals surface area contributed by atoms with E-state index in [1.54, 1.807) is 6.92 Å². The van der Waals surface area contributed by atoms with Crippen molar-refractivity contribution < 1.29 is 18.4 Å². The highest BCUT2D eigenvalue weighted by atomic mass is 32.1. The van der Waals surface area contributed by atoms with Crippen molar-refractivity contribution in [2.45, 2.75) is 32.6 Å². The number of nitrogens with zero attached hydrogens (tertiary/aromatic N) is 1. The van der Waals surface area contributed by atoms with Crippen LogP contribution in [0.25, 0.3) is 0 Å². The van der Waals surface area contributed by atoms with Crippen LogP contribution in [0, 0.1) is 31.4 Å². The zero-order valence-corrected chi connectivity index (χ0v) is 14.8. The van der Waals surface area contributed by atoms with E-state index in [2.05, 4.69) is 9.69 Å². The van der Waals surface area contributed by atoms with Gasteiger partial charge in [-0.1, -0.05) is 0 Å². The largest absolute Gasteiger partial charge is 0.355 e. The summed E-state index contributed by atoms with van der Waals surface area (Å²) in [7, 11) is 0. The minimum Gasteiger partial charge on any atom is -0.355 e. The van der Waals surface area contributed by atoms with Crippen molar-refractivity contribution in [2.24, 2.45) is 5.92 Å². The van der Waals surface area contributed by atoms with Crippen LogP contribution in [0.2, 0.25) is 0 Å². The van der Waals surface area contributed by atoms with Crippen LogP contribution in [0.15, 0.2) is 18.2 Å². The second-order valence-electron chi connectivity index (χ2n) is 6.45. The molecule has 2 atom stereocenters. The summed E-state index contributed by atoms with van der Waals surface area (Å²) in [5.74, 6) is -3.25. The molecule has 1 saturated heterocycles. The van der Waals surface area contributed by atoms with E-state index in [-0.39, 0.29) is 36.6 Å². The Hall–Kier alpha value is -2.15. The summed E-state index contributed by atoms with van der Waals surface area (Å²) in [6.45, 7) is 3.58. The molecule has 132 valence electrons. The van der Waals surface area contributed by atoms with Crippen molar-refractivity contribution in [3.8, 4) is 0 Å². The lowest BCUT2D eigenvalue weighted by Crippen LogP contribution is -2.23. The molecule has 0 aliphatic carbocycles. The zero-order valence-electron chi connectivity index (χ0n) is 13.9. The van der Waals surface area contributed by atoms with E-state index in [9.17, 15) is 18.4 Å². The lowest BCUT2D eigenvalue weighted by molar-refractivity contribution is -0.127. The maximum Gasteiger partial charge on any atom is 0.224 e. The third-order valence-corrected chi connectivity index (χ3v) is 5.28. The molecule has 0 radical (unpaired) electrons. The SMILES string of the molecule is Cc1cc(F)c([C@@H]2CNC(=O)[C@H]2CC(=O)Cc2cc(C)ns2)c(F)c1. The lowest BCUT2D eigenvalue weighted by Gasteiger charge is -2.18. The standard InChI is InChI=1S/C18H18F2N2O2S/c1-9-3-15(19)17(16(20)4-9)14-8-21-18(24)13(14)7-11(23)6-12-5-10(2)22-25-12/h3-5,13-14H,6-8H2,1-2H3,(H,21,24)/t13-,14+/m0/s1. The highest BCUT2D eigenvalue weighted by molar-refractivity contribution is 7.05. The Bertz CT molecular complexity index is 811. The first-order chi connectivity index (χ1) is 11.8.